The van der Waals surface area contributed by atoms with Crippen molar-refractivity contribution >= 4 is 48.5 Å². The van der Waals surface area contributed by atoms with Gasteiger partial charge in [0.05, 0.1) is 22.4 Å². The number of imidazole rings is 1. The Morgan fingerprint density at radius 2 is 1.88 bits per heavy atom. The second-order valence-electron chi connectivity index (χ2n) is 5.97. The van der Waals surface area contributed by atoms with Crippen LogP contribution in [0.3, 0.4) is 0 Å². The summed E-state index contributed by atoms with van der Waals surface area (Å²) in [6.07, 6.45) is 3.45. The summed E-state index contributed by atoms with van der Waals surface area (Å²) in [7, 11) is 0. The average molecular weight is 462 g/mol. The van der Waals surface area contributed by atoms with Gasteiger partial charge in [-0.2, -0.15) is 0 Å². The van der Waals surface area contributed by atoms with Gasteiger partial charge in [-0.15, -0.1) is 0 Å². The largest absolute Gasteiger partial charge is 0.299 e. The minimum Gasteiger partial charge on any atom is -0.290 e. The average Bonchev–Trinajstić information content (AvgIpc) is 2.96. The van der Waals surface area contributed by atoms with Crippen molar-refractivity contribution in [2.45, 2.75) is 20.8 Å². The minimum absolute atomic E-state index is 0.167. The fourth-order valence-electron chi connectivity index (χ4n) is 3.11. The Balaban J connectivity index is 2.37. The molecule has 25 heavy (non-hydrogen) atoms. The molecule has 0 aliphatic rings. The maximum absolute atomic E-state index is 13.2. The molecule has 0 saturated carbocycles. The van der Waals surface area contributed by atoms with E-state index in [2.05, 4.69) is 41.8 Å². The lowest BCUT2D eigenvalue weighted by molar-refractivity contribution is 0.972. The predicted molar refractivity (Wildman–Crippen MR) is 106 cm³/mol. The lowest BCUT2D eigenvalue weighted by atomic mass is 10.2. The lowest BCUT2D eigenvalue weighted by Gasteiger charge is -2.17. The lowest BCUT2D eigenvalue weighted by Crippen LogP contribution is -2.23. The van der Waals surface area contributed by atoms with Crippen LogP contribution < -0.4 is 5.56 Å². The molecule has 7 heteroatoms. The van der Waals surface area contributed by atoms with Gasteiger partial charge in [0.25, 0.3) is 5.56 Å². The molecular formula is C18H14Br2N4O. The molecule has 0 aliphatic heterocycles. The SMILES string of the molecule is Cc1ncccc1-n1c(=O)c2ncc(C)n2c2c(Br)c(C)c(Br)cc21. The minimum atomic E-state index is -0.167. The molecule has 5 nitrogen and oxygen atoms in total. The number of nitrogens with zero attached hydrogens (tertiary/aromatic N) is 4. The fourth-order valence-corrected chi connectivity index (χ4v) is 4.38. The zero-order valence-corrected chi connectivity index (χ0v) is 17.0. The van der Waals surface area contributed by atoms with Gasteiger partial charge in [0.15, 0.2) is 0 Å². The van der Waals surface area contributed by atoms with E-state index >= 15 is 0 Å². The number of halogens is 2. The molecule has 0 saturated heterocycles. The third-order valence-electron chi connectivity index (χ3n) is 4.42. The summed E-state index contributed by atoms with van der Waals surface area (Å²) in [6, 6.07) is 5.71. The van der Waals surface area contributed by atoms with Gasteiger partial charge in [0.2, 0.25) is 5.65 Å². The first-order valence-electron chi connectivity index (χ1n) is 7.71. The molecule has 0 bridgehead atoms. The molecule has 0 unspecified atom stereocenters. The summed E-state index contributed by atoms with van der Waals surface area (Å²) in [5.74, 6) is 0. The van der Waals surface area contributed by atoms with Crippen LogP contribution in [0.15, 0.2) is 44.3 Å². The molecule has 3 heterocycles. The maximum Gasteiger partial charge on any atom is 0.299 e. The molecule has 0 amide bonds. The number of hydrogen-bond acceptors (Lipinski definition) is 3. The van der Waals surface area contributed by atoms with Crippen LogP contribution in [0.2, 0.25) is 0 Å². The van der Waals surface area contributed by atoms with E-state index in [9.17, 15) is 4.79 Å². The third-order valence-corrected chi connectivity index (χ3v) is 6.21. The van der Waals surface area contributed by atoms with E-state index in [4.69, 9.17) is 0 Å². The van der Waals surface area contributed by atoms with Crippen LogP contribution in [0.5, 0.6) is 0 Å². The van der Waals surface area contributed by atoms with Crippen molar-refractivity contribution in [1.29, 1.82) is 0 Å². The van der Waals surface area contributed by atoms with Crippen molar-refractivity contribution in [3.05, 3.63) is 66.8 Å². The number of rotatable bonds is 1. The quantitative estimate of drug-likeness (QED) is 0.419. The van der Waals surface area contributed by atoms with Gasteiger partial charge in [-0.1, -0.05) is 15.9 Å². The normalized spacial score (nSPS) is 11.6. The van der Waals surface area contributed by atoms with Gasteiger partial charge in [-0.3, -0.25) is 18.7 Å². The van der Waals surface area contributed by atoms with Crippen LogP contribution >= 0.6 is 31.9 Å². The highest BCUT2D eigenvalue weighted by Gasteiger charge is 2.20. The number of hydrogen-bond donors (Lipinski definition) is 0. The van der Waals surface area contributed by atoms with Crippen LogP contribution in [0.1, 0.15) is 17.0 Å². The Hall–Kier alpha value is -1.99. The predicted octanol–water partition coefficient (Wildman–Crippen LogP) is 4.48. The molecule has 3 aromatic heterocycles. The third kappa shape index (κ3) is 2.29. The van der Waals surface area contributed by atoms with Crippen molar-refractivity contribution in [3.63, 3.8) is 0 Å². The Morgan fingerprint density at radius 3 is 2.60 bits per heavy atom. The number of aryl methyl sites for hydroxylation is 2. The number of benzene rings is 1. The summed E-state index contributed by atoms with van der Waals surface area (Å²) in [5, 5.41) is 0. The van der Waals surface area contributed by atoms with Crippen LogP contribution in [-0.2, 0) is 0 Å². The Labute approximate surface area is 160 Å². The molecule has 4 aromatic rings. The highest BCUT2D eigenvalue weighted by Crippen LogP contribution is 2.34. The second-order valence-corrected chi connectivity index (χ2v) is 7.62. The molecule has 1 aromatic carbocycles. The maximum atomic E-state index is 13.2. The first-order chi connectivity index (χ1) is 11.9. The number of fused-ring (bicyclic) bond motifs is 3. The van der Waals surface area contributed by atoms with Crippen LogP contribution in [0.4, 0.5) is 0 Å². The molecule has 126 valence electrons. The topological polar surface area (TPSA) is 52.2 Å². The standard InChI is InChI=1S/C18H14Br2N4O/c1-9-8-22-17-18(25)24(13-5-4-6-21-11(13)3)14-7-12(19)10(2)15(20)16(14)23(9)17/h4-8H,1-3H3. The summed E-state index contributed by atoms with van der Waals surface area (Å²) in [6.45, 7) is 5.87. The van der Waals surface area contributed by atoms with E-state index in [0.29, 0.717) is 5.65 Å². The highest BCUT2D eigenvalue weighted by molar-refractivity contribution is 9.11. The monoisotopic (exact) mass is 460 g/mol. The van der Waals surface area contributed by atoms with Gasteiger partial charge in [0.1, 0.15) is 0 Å². The summed E-state index contributed by atoms with van der Waals surface area (Å²) < 4.78 is 5.45. The molecule has 0 fully saturated rings. The van der Waals surface area contributed by atoms with Gasteiger partial charge < -0.3 is 0 Å². The van der Waals surface area contributed by atoms with Crippen LogP contribution in [-0.4, -0.2) is 18.9 Å². The Kier molecular flexibility index (Phi) is 3.81. The Bertz CT molecular complexity index is 1220. The molecule has 0 atom stereocenters. The van der Waals surface area contributed by atoms with E-state index < -0.39 is 0 Å². The van der Waals surface area contributed by atoms with Crippen LogP contribution in [0, 0.1) is 20.8 Å². The van der Waals surface area contributed by atoms with Crippen molar-refractivity contribution in [2.24, 2.45) is 0 Å². The first kappa shape index (κ1) is 16.5. The highest BCUT2D eigenvalue weighted by atomic mass is 79.9. The molecular weight excluding hydrogens is 448 g/mol. The molecule has 0 spiro atoms. The first-order valence-corrected chi connectivity index (χ1v) is 9.29. The van der Waals surface area contributed by atoms with Crippen molar-refractivity contribution in [2.75, 3.05) is 0 Å². The molecule has 4 rings (SSSR count). The molecule has 0 radical (unpaired) electrons. The van der Waals surface area contributed by atoms with Crippen molar-refractivity contribution < 1.29 is 0 Å². The smallest absolute Gasteiger partial charge is 0.290 e. The molecule has 0 aliphatic carbocycles. The number of aromatic nitrogens is 4. The Morgan fingerprint density at radius 1 is 1.12 bits per heavy atom. The van der Waals surface area contributed by atoms with E-state index in [1.54, 1.807) is 17.0 Å². The molecule has 0 N–H and O–H groups in total. The van der Waals surface area contributed by atoms with Crippen molar-refractivity contribution in [3.8, 4) is 5.69 Å². The van der Waals surface area contributed by atoms with E-state index in [1.807, 2.05) is 43.4 Å². The zero-order valence-electron chi connectivity index (χ0n) is 13.8. The van der Waals surface area contributed by atoms with Gasteiger partial charge in [-0.05, 0) is 60.5 Å². The number of pyridine rings is 1. The van der Waals surface area contributed by atoms with E-state index in [1.165, 1.54) is 0 Å². The van der Waals surface area contributed by atoms with Crippen LogP contribution in [0.25, 0.3) is 22.4 Å². The fraction of sp³-hybridized carbons (Fsp3) is 0.167. The van der Waals surface area contributed by atoms with E-state index in [0.717, 1.165) is 42.6 Å². The van der Waals surface area contributed by atoms with Gasteiger partial charge >= 0.3 is 0 Å². The van der Waals surface area contributed by atoms with E-state index in [-0.39, 0.29) is 5.56 Å². The van der Waals surface area contributed by atoms with Crippen molar-refractivity contribution in [1.82, 2.24) is 18.9 Å². The van der Waals surface area contributed by atoms with Gasteiger partial charge in [-0.25, -0.2) is 4.98 Å². The summed E-state index contributed by atoms with van der Waals surface area (Å²) >= 11 is 7.32. The second kappa shape index (κ2) is 5.78. The zero-order chi connectivity index (χ0) is 17.9. The summed E-state index contributed by atoms with van der Waals surface area (Å²) in [5.41, 5.74) is 5.45. The van der Waals surface area contributed by atoms with Gasteiger partial charge in [0, 0.05) is 27.0 Å². The summed E-state index contributed by atoms with van der Waals surface area (Å²) in [4.78, 5) is 21.9.